The first-order chi connectivity index (χ1) is 27.0. The zero-order valence-corrected chi connectivity index (χ0v) is 35.7. The number of ketones is 1. The lowest BCUT2D eigenvalue weighted by Gasteiger charge is -2.44. The van der Waals surface area contributed by atoms with Crippen LogP contribution >= 0.6 is 0 Å². The Bertz CT molecular complexity index is 1460. The van der Waals surface area contributed by atoms with Crippen LogP contribution in [-0.4, -0.2) is 105 Å². The number of hydrogen-bond donors (Lipinski definition) is 4. The molecule has 0 aromatic rings. The molecule has 1 unspecified atom stereocenters. The summed E-state index contributed by atoms with van der Waals surface area (Å²) in [5.74, 6) is -2.98. The Kier molecular flexibility index (Phi) is 18.2. The molecule has 11 nitrogen and oxygen atoms in total. The van der Waals surface area contributed by atoms with E-state index in [2.05, 4.69) is 13.0 Å². The number of hydrogen-bond acceptors (Lipinski definition) is 10. The number of aliphatic hydroxyl groups is 4. The number of rotatable bonds is 4. The molecular weight excluding hydrogens is 727 g/mol. The van der Waals surface area contributed by atoms with Crippen LogP contribution < -0.4 is 0 Å². The van der Waals surface area contributed by atoms with Gasteiger partial charge >= 0.3 is 5.97 Å². The van der Waals surface area contributed by atoms with Gasteiger partial charge in [-0.1, -0.05) is 64.2 Å². The van der Waals surface area contributed by atoms with E-state index >= 15 is 0 Å². The molecule has 0 radical (unpaired) electrons. The molecule has 322 valence electrons. The molecule has 2 bridgehead atoms. The Morgan fingerprint density at radius 2 is 1.67 bits per heavy atom. The van der Waals surface area contributed by atoms with Gasteiger partial charge in [0.05, 0.1) is 36.9 Å². The van der Waals surface area contributed by atoms with E-state index < -0.39 is 42.2 Å². The molecular formula is C46H73NO10. The molecule has 0 spiro atoms. The summed E-state index contributed by atoms with van der Waals surface area (Å²) in [6.07, 6.45) is 14.9. The number of ether oxygens (including phenoxy) is 3. The van der Waals surface area contributed by atoms with Crippen molar-refractivity contribution in [1.82, 2.24) is 4.90 Å². The number of carbonyl (C=O) groups excluding carboxylic acids is 3. The summed E-state index contributed by atoms with van der Waals surface area (Å²) in [6, 6.07) is -0.820. The maximum Gasteiger partial charge on any atom is 0.329 e. The number of aliphatic hydroxyl groups excluding tert-OH is 3. The van der Waals surface area contributed by atoms with Gasteiger partial charge in [0.25, 0.3) is 0 Å². The lowest BCUT2D eigenvalue weighted by atomic mass is 9.79. The van der Waals surface area contributed by atoms with Crippen molar-refractivity contribution in [2.75, 3.05) is 13.7 Å². The smallest absolute Gasteiger partial charge is 0.329 e. The van der Waals surface area contributed by atoms with Crippen molar-refractivity contribution in [3.05, 3.63) is 47.6 Å². The standard InChI is InChI=1S/C46H73NO10/c1-29-13-9-8-10-14-31(3)43(55-7)26-36-19-17-34(6)46(54,57-36)28-44(52)47-22-12-11-15-37(47)45(53)56-42(33(5)24-35-18-20-38(48)41(51)25-35)21-16-30(2)39(49)27-40(50)32(4)23-29/h8-10,13-14,16,29,32-39,41-43,48-49,51,54H,11-12,15,17-28H2,1-7H3/b10-8+,13-9+,30-16+,31-14+/t29-,32-,33-,34-,35+,36+,37+,38-,39+,41-,42?,43+,46+/m1/s1. The van der Waals surface area contributed by atoms with Crippen molar-refractivity contribution in [2.45, 2.75) is 180 Å². The molecule has 13 atom stereocenters. The molecule has 3 aliphatic heterocycles. The fraction of sp³-hybridized carbons (Fsp3) is 0.761. The topological polar surface area (TPSA) is 163 Å². The number of cyclic esters (lactones) is 1. The van der Waals surface area contributed by atoms with Gasteiger partial charge in [-0.3, -0.25) is 9.59 Å². The first-order valence-electron chi connectivity index (χ1n) is 21.7. The summed E-state index contributed by atoms with van der Waals surface area (Å²) in [4.78, 5) is 43.1. The lowest BCUT2D eigenvalue weighted by Crippen LogP contribution is -2.54. The van der Waals surface area contributed by atoms with Crippen LogP contribution in [0.2, 0.25) is 0 Å². The fourth-order valence-electron chi connectivity index (χ4n) is 9.13. The highest BCUT2D eigenvalue weighted by molar-refractivity contribution is 5.85. The van der Waals surface area contributed by atoms with Gasteiger partial charge in [-0.05, 0) is 107 Å². The monoisotopic (exact) mass is 800 g/mol. The fourth-order valence-corrected chi connectivity index (χ4v) is 9.13. The van der Waals surface area contributed by atoms with E-state index in [1.54, 1.807) is 18.9 Å². The number of Topliss-reactive ketones (excluding diaryl/α,β-unsaturated/α-hetero) is 1. The third kappa shape index (κ3) is 13.7. The largest absolute Gasteiger partial charge is 0.460 e. The third-order valence-electron chi connectivity index (χ3n) is 13.2. The number of methoxy groups -OCH3 is 1. The summed E-state index contributed by atoms with van der Waals surface area (Å²) in [6.45, 7) is 12.0. The predicted octanol–water partition coefficient (Wildman–Crippen LogP) is 6.52. The summed E-state index contributed by atoms with van der Waals surface area (Å²) in [5, 5.41) is 43.6. The molecule has 2 saturated heterocycles. The minimum absolute atomic E-state index is 0.0123. The van der Waals surface area contributed by atoms with Crippen LogP contribution in [0.15, 0.2) is 47.6 Å². The molecule has 0 aromatic carbocycles. The van der Waals surface area contributed by atoms with Crippen molar-refractivity contribution in [1.29, 1.82) is 0 Å². The van der Waals surface area contributed by atoms with Crippen LogP contribution in [0.3, 0.4) is 0 Å². The molecule has 1 saturated carbocycles. The number of carbonyl (C=O) groups is 3. The minimum atomic E-state index is -1.70. The Morgan fingerprint density at radius 3 is 2.39 bits per heavy atom. The van der Waals surface area contributed by atoms with Gasteiger partial charge < -0.3 is 39.5 Å². The Balaban J connectivity index is 1.62. The van der Waals surface area contributed by atoms with E-state index in [1.807, 2.05) is 58.1 Å². The molecule has 0 aromatic heterocycles. The molecule has 3 fully saturated rings. The summed E-state index contributed by atoms with van der Waals surface area (Å²) >= 11 is 0. The first-order valence-corrected chi connectivity index (χ1v) is 21.7. The van der Waals surface area contributed by atoms with Gasteiger partial charge in [0.1, 0.15) is 17.9 Å². The molecule has 1 aliphatic carbocycles. The number of piperidine rings is 1. The number of nitrogens with zero attached hydrogens (tertiary/aromatic N) is 1. The van der Waals surface area contributed by atoms with Crippen molar-refractivity contribution >= 4 is 17.7 Å². The number of fused-ring (bicyclic) bond motifs is 3. The van der Waals surface area contributed by atoms with Gasteiger partial charge in [0.15, 0.2) is 5.79 Å². The second-order valence-electron chi connectivity index (χ2n) is 18.0. The maximum absolute atomic E-state index is 14.2. The molecule has 1 amide bonds. The average molecular weight is 800 g/mol. The Labute approximate surface area is 341 Å². The van der Waals surface area contributed by atoms with Gasteiger partial charge in [0, 0.05) is 44.8 Å². The number of allylic oxidation sites excluding steroid dienone is 5. The summed E-state index contributed by atoms with van der Waals surface area (Å²) < 4.78 is 18.5. The lowest BCUT2D eigenvalue weighted by molar-refractivity contribution is -0.284. The molecule has 11 heteroatoms. The van der Waals surface area contributed by atoms with Gasteiger partial charge in [0.2, 0.25) is 5.91 Å². The average Bonchev–Trinajstić information content (AvgIpc) is 3.17. The van der Waals surface area contributed by atoms with Crippen LogP contribution in [0.1, 0.15) is 131 Å². The quantitative estimate of drug-likeness (QED) is 0.182. The van der Waals surface area contributed by atoms with Gasteiger partial charge in [-0.25, -0.2) is 4.79 Å². The second-order valence-corrected chi connectivity index (χ2v) is 18.0. The molecule has 3 heterocycles. The SMILES string of the molecule is CO[C@H]1C[C@@H]2CC[C@@H](C)[C@](O)(CC(=O)N3CCCC[C@H]3C(=O)OC([C@H](C)C[C@@H]3CC[C@@H](O)[C@H](O)C3)C/C=C(\C)[C@@H](O)CC(=O)[C@H](C)C[C@H](C)/C=C/C=C/C=C/1C)O2. The Morgan fingerprint density at radius 1 is 0.912 bits per heavy atom. The van der Waals surface area contributed by atoms with Crippen LogP contribution in [0, 0.1) is 29.6 Å². The normalized spacial score (nSPS) is 41.3. The van der Waals surface area contributed by atoms with E-state index in [0.29, 0.717) is 69.9 Å². The van der Waals surface area contributed by atoms with Gasteiger partial charge in [-0.15, -0.1) is 0 Å². The van der Waals surface area contributed by atoms with E-state index in [9.17, 15) is 34.8 Å². The minimum Gasteiger partial charge on any atom is -0.460 e. The van der Waals surface area contributed by atoms with Crippen LogP contribution in [-0.2, 0) is 28.6 Å². The van der Waals surface area contributed by atoms with E-state index in [1.165, 1.54) is 0 Å². The van der Waals surface area contributed by atoms with Crippen molar-refractivity contribution in [3.63, 3.8) is 0 Å². The highest BCUT2D eigenvalue weighted by Gasteiger charge is 2.46. The van der Waals surface area contributed by atoms with Crippen LogP contribution in [0.4, 0.5) is 0 Å². The number of esters is 1. The maximum atomic E-state index is 14.2. The predicted molar refractivity (Wildman–Crippen MR) is 220 cm³/mol. The van der Waals surface area contributed by atoms with E-state index in [0.717, 1.165) is 24.8 Å². The molecule has 4 aliphatic rings. The highest BCUT2D eigenvalue weighted by Crippen LogP contribution is 2.38. The van der Waals surface area contributed by atoms with Crippen molar-refractivity contribution in [3.8, 4) is 0 Å². The van der Waals surface area contributed by atoms with E-state index in [4.69, 9.17) is 14.2 Å². The third-order valence-corrected chi connectivity index (χ3v) is 13.2. The van der Waals surface area contributed by atoms with Gasteiger partial charge in [-0.2, -0.15) is 0 Å². The Hall–Kier alpha value is -2.67. The second kappa shape index (κ2) is 22.1. The van der Waals surface area contributed by atoms with Crippen molar-refractivity contribution < 1.29 is 49.0 Å². The summed E-state index contributed by atoms with van der Waals surface area (Å²) in [5.41, 5.74) is 1.62. The van der Waals surface area contributed by atoms with Crippen LogP contribution in [0.25, 0.3) is 0 Å². The molecule has 57 heavy (non-hydrogen) atoms. The highest BCUT2D eigenvalue weighted by atomic mass is 16.6. The number of amides is 1. The zero-order chi connectivity index (χ0) is 41.9. The van der Waals surface area contributed by atoms with Crippen molar-refractivity contribution in [2.24, 2.45) is 29.6 Å². The summed E-state index contributed by atoms with van der Waals surface area (Å²) in [7, 11) is 1.65. The molecule has 4 N–H and O–H groups in total. The first kappa shape index (κ1) is 47.0. The molecule has 4 rings (SSSR count). The van der Waals surface area contributed by atoms with Crippen LogP contribution in [0.5, 0.6) is 0 Å². The zero-order valence-electron chi connectivity index (χ0n) is 35.7. The van der Waals surface area contributed by atoms with E-state index in [-0.39, 0.29) is 66.3 Å².